The average Bonchev–Trinajstić information content (AvgIpc) is 2.75. The van der Waals surface area contributed by atoms with Gasteiger partial charge in [-0.1, -0.05) is 29.5 Å². The molecule has 0 atom stereocenters. The molecule has 1 aliphatic rings. The Kier molecular flexibility index (Phi) is 3.16. The van der Waals surface area contributed by atoms with E-state index >= 15 is 0 Å². The van der Waals surface area contributed by atoms with Gasteiger partial charge in [-0.2, -0.15) is 0 Å². The summed E-state index contributed by atoms with van der Waals surface area (Å²) in [6.07, 6.45) is 2.41. The van der Waals surface area contributed by atoms with Gasteiger partial charge in [0.05, 0.1) is 6.54 Å². The van der Waals surface area contributed by atoms with Crippen LogP contribution in [0.15, 0.2) is 24.3 Å². The molecule has 1 aliphatic heterocycles. The van der Waals surface area contributed by atoms with Crippen molar-refractivity contribution in [3.05, 3.63) is 34.8 Å². The van der Waals surface area contributed by atoms with E-state index in [0.717, 1.165) is 23.5 Å². The number of para-hydroxylation sites is 1. The Morgan fingerprint density at radius 2 is 2.11 bits per heavy atom. The lowest BCUT2D eigenvalue weighted by atomic mass is 10.1. The standard InChI is InChI=1S/C13H14N4OS/c14-13-16-15-11(19-13)8-17-10-6-2-1-4-9(10)5-3-7-12(17)18/h1-2,4,6H,3,5,7-8H2,(H2,14,16). The van der Waals surface area contributed by atoms with Crippen LogP contribution in [0.1, 0.15) is 23.4 Å². The Bertz CT molecular complexity index is 610. The van der Waals surface area contributed by atoms with Crippen molar-refractivity contribution in [1.82, 2.24) is 10.2 Å². The zero-order chi connectivity index (χ0) is 13.2. The fourth-order valence-corrected chi connectivity index (χ4v) is 2.92. The van der Waals surface area contributed by atoms with Crippen LogP contribution in [0.3, 0.4) is 0 Å². The van der Waals surface area contributed by atoms with Crippen LogP contribution in [0.4, 0.5) is 10.8 Å². The lowest BCUT2D eigenvalue weighted by Gasteiger charge is -2.21. The summed E-state index contributed by atoms with van der Waals surface area (Å²) < 4.78 is 0. The zero-order valence-corrected chi connectivity index (χ0v) is 11.2. The summed E-state index contributed by atoms with van der Waals surface area (Å²) in [5, 5.41) is 8.99. The normalized spacial score (nSPS) is 15.2. The molecule has 2 aromatic rings. The van der Waals surface area contributed by atoms with Gasteiger partial charge in [0.15, 0.2) is 0 Å². The predicted molar refractivity (Wildman–Crippen MR) is 74.9 cm³/mol. The van der Waals surface area contributed by atoms with Gasteiger partial charge in [0.1, 0.15) is 5.01 Å². The molecule has 5 nitrogen and oxygen atoms in total. The lowest BCUT2D eigenvalue weighted by molar-refractivity contribution is -0.118. The minimum absolute atomic E-state index is 0.138. The number of benzene rings is 1. The first-order valence-electron chi connectivity index (χ1n) is 6.20. The number of carbonyl (C=O) groups excluding carboxylic acids is 1. The molecule has 19 heavy (non-hydrogen) atoms. The van der Waals surface area contributed by atoms with Crippen molar-refractivity contribution in [1.29, 1.82) is 0 Å². The molecular formula is C13H14N4OS. The highest BCUT2D eigenvalue weighted by molar-refractivity contribution is 7.15. The smallest absolute Gasteiger partial charge is 0.227 e. The van der Waals surface area contributed by atoms with E-state index in [2.05, 4.69) is 16.3 Å². The average molecular weight is 274 g/mol. The molecule has 3 rings (SSSR count). The highest BCUT2D eigenvalue weighted by Crippen LogP contribution is 2.28. The number of aryl methyl sites for hydroxylation is 1. The van der Waals surface area contributed by atoms with E-state index in [-0.39, 0.29) is 5.91 Å². The molecule has 0 aliphatic carbocycles. The Morgan fingerprint density at radius 3 is 2.89 bits per heavy atom. The molecule has 2 N–H and O–H groups in total. The molecule has 1 amide bonds. The Hall–Kier alpha value is -1.95. The third-order valence-corrected chi connectivity index (χ3v) is 3.93. The van der Waals surface area contributed by atoms with Gasteiger partial charge in [-0.25, -0.2) is 0 Å². The SMILES string of the molecule is Nc1nnc(CN2C(=O)CCCc3ccccc32)s1. The van der Waals surface area contributed by atoms with Crippen LogP contribution in [-0.4, -0.2) is 16.1 Å². The molecule has 1 aromatic heterocycles. The maximum absolute atomic E-state index is 12.2. The monoisotopic (exact) mass is 274 g/mol. The Morgan fingerprint density at radius 1 is 1.26 bits per heavy atom. The summed E-state index contributed by atoms with van der Waals surface area (Å²) >= 11 is 1.33. The van der Waals surface area contributed by atoms with E-state index in [1.807, 2.05) is 18.2 Å². The topological polar surface area (TPSA) is 72.1 Å². The molecular weight excluding hydrogens is 260 g/mol. The fourth-order valence-electron chi connectivity index (χ4n) is 2.32. The molecule has 6 heteroatoms. The quantitative estimate of drug-likeness (QED) is 0.909. The summed E-state index contributed by atoms with van der Waals surface area (Å²) in [7, 11) is 0. The second kappa shape index (κ2) is 4.97. The number of amides is 1. The van der Waals surface area contributed by atoms with E-state index in [1.165, 1.54) is 16.9 Å². The number of nitrogen functional groups attached to an aromatic ring is 1. The first-order chi connectivity index (χ1) is 9.24. The van der Waals surface area contributed by atoms with Gasteiger partial charge < -0.3 is 10.6 Å². The first-order valence-corrected chi connectivity index (χ1v) is 7.02. The summed E-state index contributed by atoms with van der Waals surface area (Å²) in [5.74, 6) is 0.138. The van der Waals surface area contributed by atoms with E-state index in [0.29, 0.717) is 18.1 Å². The third-order valence-electron chi connectivity index (χ3n) is 3.20. The lowest BCUT2D eigenvalue weighted by Crippen LogP contribution is -2.29. The Balaban J connectivity index is 1.95. The van der Waals surface area contributed by atoms with Gasteiger partial charge in [-0.3, -0.25) is 4.79 Å². The number of hydrogen-bond acceptors (Lipinski definition) is 5. The molecule has 0 radical (unpaired) electrons. The van der Waals surface area contributed by atoms with Crippen LogP contribution in [0.5, 0.6) is 0 Å². The van der Waals surface area contributed by atoms with E-state index in [4.69, 9.17) is 5.73 Å². The molecule has 0 saturated carbocycles. The highest BCUT2D eigenvalue weighted by Gasteiger charge is 2.23. The number of rotatable bonds is 2. The van der Waals surface area contributed by atoms with Gasteiger partial charge in [0, 0.05) is 12.1 Å². The predicted octanol–water partition coefficient (Wildman–Crippen LogP) is 1.99. The number of aromatic nitrogens is 2. The van der Waals surface area contributed by atoms with Crippen molar-refractivity contribution < 1.29 is 4.79 Å². The van der Waals surface area contributed by atoms with Crippen molar-refractivity contribution in [2.24, 2.45) is 0 Å². The van der Waals surface area contributed by atoms with Crippen LogP contribution in [0.25, 0.3) is 0 Å². The maximum Gasteiger partial charge on any atom is 0.227 e. The molecule has 1 aromatic carbocycles. The van der Waals surface area contributed by atoms with Crippen LogP contribution in [0, 0.1) is 0 Å². The number of nitrogens with two attached hydrogens (primary N) is 1. The van der Waals surface area contributed by atoms with Crippen molar-refractivity contribution in [2.45, 2.75) is 25.8 Å². The largest absolute Gasteiger partial charge is 0.374 e. The van der Waals surface area contributed by atoms with Crippen molar-refractivity contribution in [2.75, 3.05) is 10.6 Å². The van der Waals surface area contributed by atoms with Crippen LogP contribution < -0.4 is 10.6 Å². The molecule has 0 bridgehead atoms. The summed E-state index contributed by atoms with van der Waals surface area (Å²) in [5.41, 5.74) is 7.78. The Labute approximate surface area is 115 Å². The molecule has 0 spiro atoms. The number of carbonyl (C=O) groups is 1. The van der Waals surface area contributed by atoms with E-state index in [9.17, 15) is 4.79 Å². The summed E-state index contributed by atoms with van der Waals surface area (Å²) in [6.45, 7) is 0.449. The first kappa shape index (κ1) is 12.1. The van der Waals surface area contributed by atoms with Crippen LogP contribution in [0.2, 0.25) is 0 Å². The van der Waals surface area contributed by atoms with Gasteiger partial charge in [0.25, 0.3) is 0 Å². The molecule has 0 unspecified atom stereocenters. The van der Waals surface area contributed by atoms with Crippen LogP contribution >= 0.6 is 11.3 Å². The zero-order valence-electron chi connectivity index (χ0n) is 10.4. The second-order valence-electron chi connectivity index (χ2n) is 4.50. The highest BCUT2D eigenvalue weighted by atomic mass is 32.1. The number of anilines is 2. The second-order valence-corrected chi connectivity index (χ2v) is 5.59. The summed E-state index contributed by atoms with van der Waals surface area (Å²) in [6, 6.07) is 8.03. The maximum atomic E-state index is 12.2. The minimum Gasteiger partial charge on any atom is -0.374 e. The van der Waals surface area contributed by atoms with Crippen molar-refractivity contribution in [3.63, 3.8) is 0 Å². The number of fused-ring (bicyclic) bond motifs is 1. The molecule has 2 heterocycles. The summed E-state index contributed by atoms with van der Waals surface area (Å²) in [4.78, 5) is 14.0. The molecule has 0 fully saturated rings. The third kappa shape index (κ3) is 2.44. The van der Waals surface area contributed by atoms with Crippen molar-refractivity contribution >= 4 is 28.1 Å². The van der Waals surface area contributed by atoms with E-state index < -0.39 is 0 Å². The van der Waals surface area contributed by atoms with Gasteiger partial charge >= 0.3 is 0 Å². The number of nitrogens with zero attached hydrogens (tertiary/aromatic N) is 3. The fraction of sp³-hybridized carbons (Fsp3) is 0.308. The molecule has 98 valence electrons. The van der Waals surface area contributed by atoms with E-state index in [1.54, 1.807) is 4.90 Å². The van der Waals surface area contributed by atoms with Crippen molar-refractivity contribution in [3.8, 4) is 0 Å². The van der Waals surface area contributed by atoms with Gasteiger partial charge in [-0.15, -0.1) is 10.2 Å². The van der Waals surface area contributed by atoms with Gasteiger partial charge in [0.2, 0.25) is 11.0 Å². The van der Waals surface area contributed by atoms with Gasteiger partial charge in [-0.05, 0) is 24.5 Å². The van der Waals surface area contributed by atoms with Crippen LogP contribution in [-0.2, 0) is 17.8 Å². The minimum atomic E-state index is 0.138. The molecule has 0 saturated heterocycles. The number of hydrogen-bond donors (Lipinski definition) is 1.